The molecule has 88 valence electrons. The number of halogens is 1. The predicted molar refractivity (Wildman–Crippen MR) is 65.3 cm³/mol. The highest BCUT2D eigenvalue weighted by Gasteiger charge is 2.07. The van der Waals surface area contributed by atoms with Crippen molar-refractivity contribution in [2.24, 2.45) is 0 Å². The van der Waals surface area contributed by atoms with Gasteiger partial charge in [0, 0.05) is 31.0 Å². The Morgan fingerprint density at radius 1 is 1.53 bits per heavy atom. The summed E-state index contributed by atoms with van der Waals surface area (Å²) < 4.78 is 0. The zero-order valence-corrected chi connectivity index (χ0v) is 10.5. The molecule has 0 aliphatic rings. The number of rotatable bonds is 6. The van der Waals surface area contributed by atoms with Crippen molar-refractivity contribution in [3.8, 4) is 0 Å². The van der Waals surface area contributed by atoms with Gasteiger partial charge in [-0.1, -0.05) is 6.92 Å². The van der Waals surface area contributed by atoms with Crippen LogP contribution in [0.25, 0.3) is 0 Å². The van der Waals surface area contributed by atoms with Gasteiger partial charge in [0.05, 0.1) is 6.33 Å². The van der Waals surface area contributed by atoms with Gasteiger partial charge in [-0.15, -0.1) is 12.4 Å². The summed E-state index contributed by atoms with van der Waals surface area (Å²) in [5.41, 5.74) is 1.14. The molecule has 0 aliphatic heterocycles. The number of aromatic nitrogens is 2. The van der Waals surface area contributed by atoms with Crippen LogP contribution in [0.3, 0.4) is 0 Å². The lowest BCUT2D eigenvalue weighted by molar-refractivity contribution is 0.275. The number of hydrogen-bond donors (Lipinski definition) is 2. The molecule has 1 atom stereocenters. The minimum atomic E-state index is 0. The van der Waals surface area contributed by atoms with Gasteiger partial charge in [0.25, 0.3) is 0 Å². The second kappa shape index (κ2) is 7.68. The van der Waals surface area contributed by atoms with E-state index in [1.807, 2.05) is 6.20 Å². The van der Waals surface area contributed by atoms with Crippen molar-refractivity contribution in [1.29, 1.82) is 0 Å². The molecule has 1 aromatic rings. The average molecular weight is 233 g/mol. The van der Waals surface area contributed by atoms with Gasteiger partial charge in [-0.05, 0) is 20.5 Å². The summed E-state index contributed by atoms with van der Waals surface area (Å²) in [6, 6.07) is 0.609. The molecule has 2 N–H and O–H groups in total. The molecule has 0 fully saturated rings. The first-order chi connectivity index (χ1) is 6.74. The van der Waals surface area contributed by atoms with Crippen LogP contribution in [0, 0.1) is 0 Å². The van der Waals surface area contributed by atoms with Crippen LogP contribution in [0.1, 0.15) is 19.0 Å². The molecule has 4 nitrogen and oxygen atoms in total. The van der Waals surface area contributed by atoms with Crippen LogP contribution in [-0.2, 0) is 6.54 Å². The lowest BCUT2D eigenvalue weighted by atomic mass is 10.2. The molecule has 1 aromatic heterocycles. The van der Waals surface area contributed by atoms with E-state index in [0.717, 1.165) is 18.8 Å². The van der Waals surface area contributed by atoms with Gasteiger partial charge in [-0.3, -0.25) is 0 Å². The van der Waals surface area contributed by atoms with Gasteiger partial charge in [-0.2, -0.15) is 0 Å². The van der Waals surface area contributed by atoms with Gasteiger partial charge in [0.15, 0.2) is 0 Å². The smallest absolute Gasteiger partial charge is 0.0922 e. The standard InChI is InChI=1S/C10H20N4.ClH/c1-4-10(14(2)3)7-11-5-9-6-12-8-13-9;/h6,8,10-11H,4-5,7H2,1-3H3,(H,12,13);1H. The molecule has 0 radical (unpaired) electrons. The topological polar surface area (TPSA) is 44.0 Å². The summed E-state index contributed by atoms with van der Waals surface area (Å²) in [6.07, 6.45) is 4.73. The van der Waals surface area contributed by atoms with Gasteiger partial charge in [0.1, 0.15) is 0 Å². The van der Waals surface area contributed by atoms with E-state index in [0.29, 0.717) is 6.04 Å². The Morgan fingerprint density at radius 2 is 2.27 bits per heavy atom. The Hall–Kier alpha value is -0.580. The van der Waals surface area contributed by atoms with Crippen molar-refractivity contribution < 1.29 is 0 Å². The van der Waals surface area contributed by atoms with E-state index in [-0.39, 0.29) is 12.4 Å². The maximum absolute atomic E-state index is 3.97. The van der Waals surface area contributed by atoms with Crippen LogP contribution in [0.15, 0.2) is 12.5 Å². The molecule has 0 bridgehead atoms. The zero-order valence-electron chi connectivity index (χ0n) is 9.66. The van der Waals surface area contributed by atoms with E-state index in [1.54, 1.807) is 6.33 Å². The van der Waals surface area contributed by atoms with Crippen LogP contribution in [0.5, 0.6) is 0 Å². The Labute approximate surface area is 97.9 Å². The number of H-pyrrole nitrogens is 1. The molecule has 0 aromatic carbocycles. The molecular weight excluding hydrogens is 212 g/mol. The summed E-state index contributed by atoms with van der Waals surface area (Å²) in [7, 11) is 4.23. The highest BCUT2D eigenvalue weighted by atomic mass is 35.5. The summed E-state index contributed by atoms with van der Waals surface area (Å²) in [4.78, 5) is 9.29. The first-order valence-electron chi connectivity index (χ1n) is 5.08. The number of aromatic amines is 1. The highest BCUT2D eigenvalue weighted by molar-refractivity contribution is 5.85. The van der Waals surface area contributed by atoms with Crippen molar-refractivity contribution in [2.75, 3.05) is 20.6 Å². The van der Waals surface area contributed by atoms with E-state index >= 15 is 0 Å². The minimum Gasteiger partial charge on any atom is -0.347 e. The van der Waals surface area contributed by atoms with Crippen molar-refractivity contribution >= 4 is 12.4 Å². The molecule has 1 rings (SSSR count). The first kappa shape index (κ1) is 14.4. The van der Waals surface area contributed by atoms with Crippen molar-refractivity contribution in [3.63, 3.8) is 0 Å². The van der Waals surface area contributed by atoms with E-state index in [2.05, 4.69) is 41.2 Å². The maximum Gasteiger partial charge on any atom is 0.0922 e. The van der Waals surface area contributed by atoms with E-state index in [9.17, 15) is 0 Å². The Bertz CT molecular complexity index is 236. The fourth-order valence-corrected chi connectivity index (χ4v) is 1.45. The lowest BCUT2D eigenvalue weighted by Crippen LogP contribution is -2.37. The van der Waals surface area contributed by atoms with Crippen LogP contribution in [-0.4, -0.2) is 41.5 Å². The first-order valence-corrected chi connectivity index (χ1v) is 5.08. The number of imidazole rings is 1. The molecule has 0 saturated heterocycles. The zero-order chi connectivity index (χ0) is 10.4. The molecule has 15 heavy (non-hydrogen) atoms. The van der Waals surface area contributed by atoms with Gasteiger partial charge in [-0.25, -0.2) is 4.98 Å². The van der Waals surface area contributed by atoms with E-state index in [4.69, 9.17) is 0 Å². The molecule has 1 heterocycles. The second-order valence-electron chi connectivity index (χ2n) is 3.73. The summed E-state index contributed by atoms with van der Waals surface area (Å²) in [6.45, 7) is 4.09. The third-order valence-corrected chi connectivity index (χ3v) is 2.45. The van der Waals surface area contributed by atoms with Gasteiger partial charge < -0.3 is 15.2 Å². The SMILES string of the molecule is CCC(CNCc1cnc[nH]1)N(C)C.Cl. The Kier molecular flexibility index (Phi) is 7.38. The van der Waals surface area contributed by atoms with Crippen molar-refractivity contribution in [2.45, 2.75) is 25.9 Å². The maximum atomic E-state index is 3.97. The number of nitrogens with zero attached hydrogens (tertiary/aromatic N) is 2. The van der Waals surface area contributed by atoms with E-state index in [1.165, 1.54) is 6.42 Å². The predicted octanol–water partition coefficient (Wildman–Crippen LogP) is 1.26. The minimum absolute atomic E-state index is 0. The fourth-order valence-electron chi connectivity index (χ4n) is 1.45. The van der Waals surface area contributed by atoms with Gasteiger partial charge >= 0.3 is 0 Å². The average Bonchev–Trinajstić information content (AvgIpc) is 2.64. The molecule has 0 aliphatic carbocycles. The second-order valence-corrected chi connectivity index (χ2v) is 3.73. The third-order valence-electron chi connectivity index (χ3n) is 2.45. The Balaban J connectivity index is 0.00000196. The van der Waals surface area contributed by atoms with Gasteiger partial charge in [0.2, 0.25) is 0 Å². The van der Waals surface area contributed by atoms with Crippen LogP contribution in [0.4, 0.5) is 0 Å². The summed E-state index contributed by atoms with van der Waals surface area (Å²) in [5.74, 6) is 0. The molecule has 0 saturated carbocycles. The normalized spacial score (nSPS) is 12.5. The Morgan fingerprint density at radius 3 is 2.73 bits per heavy atom. The summed E-state index contributed by atoms with van der Waals surface area (Å²) in [5, 5.41) is 3.41. The monoisotopic (exact) mass is 232 g/mol. The molecule has 1 unspecified atom stereocenters. The molecular formula is C10H21ClN4. The molecule has 0 spiro atoms. The largest absolute Gasteiger partial charge is 0.347 e. The quantitative estimate of drug-likeness (QED) is 0.776. The van der Waals surface area contributed by atoms with Crippen LogP contribution < -0.4 is 5.32 Å². The summed E-state index contributed by atoms with van der Waals surface area (Å²) >= 11 is 0. The van der Waals surface area contributed by atoms with Crippen molar-refractivity contribution in [1.82, 2.24) is 20.2 Å². The number of likely N-dealkylation sites (N-methyl/N-ethyl adjacent to an activating group) is 1. The third kappa shape index (κ3) is 5.16. The fraction of sp³-hybridized carbons (Fsp3) is 0.700. The number of hydrogen-bond acceptors (Lipinski definition) is 3. The van der Waals surface area contributed by atoms with Crippen LogP contribution in [0.2, 0.25) is 0 Å². The van der Waals surface area contributed by atoms with E-state index < -0.39 is 0 Å². The van der Waals surface area contributed by atoms with Crippen LogP contribution >= 0.6 is 12.4 Å². The lowest BCUT2D eigenvalue weighted by Gasteiger charge is -2.22. The van der Waals surface area contributed by atoms with Crippen molar-refractivity contribution in [3.05, 3.63) is 18.2 Å². The molecule has 0 amide bonds. The molecule has 5 heteroatoms. The number of nitrogens with one attached hydrogen (secondary N) is 2. The highest BCUT2D eigenvalue weighted by Crippen LogP contribution is 1.97.